The fraction of sp³-hybridized carbons (Fsp3) is 0.667. The largest absolute Gasteiger partial charge is 0.391 e. The molecule has 2 rings (SSSR count). The standard InChI is InChI=1S/C9H13NOS2/c11-5-8-4-10-9(13-8)3-7-1-2-12-6-7/h4,7,11H,1-3,5-6H2. The average Bonchev–Trinajstić information content (AvgIpc) is 2.76. The second-order valence-electron chi connectivity index (χ2n) is 3.31. The molecule has 1 aliphatic heterocycles. The van der Waals surface area contributed by atoms with Gasteiger partial charge >= 0.3 is 0 Å². The highest BCUT2D eigenvalue weighted by Crippen LogP contribution is 2.27. The van der Waals surface area contributed by atoms with E-state index in [-0.39, 0.29) is 6.61 Å². The molecule has 0 saturated carbocycles. The van der Waals surface area contributed by atoms with Crippen LogP contribution in [0.4, 0.5) is 0 Å². The van der Waals surface area contributed by atoms with Crippen molar-refractivity contribution in [1.29, 1.82) is 0 Å². The number of nitrogens with zero attached hydrogens (tertiary/aromatic N) is 1. The Morgan fingerprint density at radius 3 is 3.15 bits per heavy atom. The van der Waals surface area contributed by atoms with Crippen LogP contribution < -0.4 is 0 Å². The molecule has 72 valence electrons. The molecule has 1 saturated heterocycles. The van der Waals surface area contributed by atoms with Crippen LogP contribution in [0.3, 0.4) is 0 Å². The van der Waals surface area contributed by atoms with Crippen molar-refractivity contribution in [3.63, 3.8) is 0 Å². The van der Waals surface area contributed by atoms with Crippen LogP contribution in [0.5, 0.6) is 0 Å². The zero-order valence-electron chi connectivity index (χ0n) is 7.40. The lowest BCUT2D eigenvalue weighted by atomic mass is 10.1. The van der Waals surface area contributed by atoms with Gasteiger partial charge in [-0.05, 0) is 23.8 Å². The number of hydrogen-bond acceptors (Lipinski definition) is 4. The number of thiazole rings is 1. The van der Waals surface area contributed by atoms with Crippen molar-refractivity contribution in [2.45, 2.75) is 19.4 Å². The van der Waals surface area contributed by atoms with Crippen LogP contribution in [-0.2, 0) is 13.0 Å². The molecule has 1 N–H and O–H groups in total. The van der Waals surface area contributed by atoms with Gasteiger partial charge in [0.1, 0.15) is 0 Å². The first-order chi connectivity index (χ1) is 6.38. The lowest BCUT2D eigenvalue weighted by Crippen LogP contribution is -2.01. The number of thioether (sulfide) groups is 1. The van der Waals surface area contributed by atoms with Crippen LogP contribution in [0.2, 0.25) is 0 Å². The first-order valence-electron chi connectivity index (χ1n) is 4.50. The van der Waals surface area contributed by atoms with Gasteiger partial charge in [-0.25, -0.2) is 4.98 Å². The lowest BCUT2D eigenvalue weighted by Gasteiger charge is -2.03. The van der Waals surface area contributed by atoms with E-state index in [1.165, 1.54) is 22.9 Å². The van der Waals surface area contributed by atoms with E-state index in [4.69, 9.17) is 5.11 Å². The maximum Gasteiger partial charge on any atom is 0.0931 e. The lowest BCUT2D eigenvalue weighted by molar-refractivity contribution is 0.285. The summed E-state index contributed by atoms with van der Waals surface area (Å²) in [5, 5.41) is 10.1. The van der Waals surface area contributed by atoms with Gasteiger partial charge in [-0.2, -0.15) is 11.8 Å². The highest BCUT2D eigenvalue weighted by molar-refractivity contribution is 7.99. The molecule has 0 radical (unpaired) electrons. The predicted molar refractivity (Wildman–Crippen MR) is 57.2 cm³/mol. The van der Waals surface area contributed by atoms with Gasteiger partial charge in [-0.1, -0.05) is 0 Å². The maximum absolute atomic E-state index is 8.88. The van der Waals surface area contributed by atoms with E-state index in [2.05, 4.69) is 4.98 Å². The minimum atomic E-state index is 0.136. The van der Waals surface area contributed by atoms with Crippen molar-refractivity contribution in [2.24, 2.45) is 5.92 Å². The predicted octanol–water partition coefficient (Wildman–Crippen LogP) is 1.93. The third-order valence-electron chi connectivity index (χ3n) is 2.24. The minimum absolute atomic E-state index is 0.136. The Labute approximate surface area is 86.4 Å². The summed E-state index contributed by atoms with van der Waals surface area (Å²) in [5.74, 6) is 3.42. The number of aromatic nitrogens is 1. The summed E-state index contributed by atoms with van der Waals surface area (Å²) in [6, 6.07) is 0. The number of aliphatic hydroxyl groups is 1. The maximum atomic E-state index is 8.88. The Hall–Kier alpha value is -0.0600. The SMILES string of the molecule is OCc1cnc(CC2CCSC2)s1. The molecule has 0 aliphatic carbocycles. The number of aliphatic hydroxyl groups excluding tert-OH is 1. The topological polar surface area (TPSA) is 33.1 Å². The minimum Gasteiger partial charge on any atom is -0.391 e. The fourth-order valence-corrected chi connectivity index (χ4v) is 3.69. The quantitative estimate of drug-likeness (QED) is 0.836. The van der Waals surface area contributed by atoms with E-state index in [9.17, 15) is 0 Å². The normalized spacial score (nSPS) is 22.4. The van der Waals surface area contributed by atoms with Gasteiger partial charge in [0.25, 0.3) is 0 Å². The van der Waals surface area contributed by atoms with Crippen LogP contribution in [-0.4, -0.2) is 21.6 Å². The Balaban J connectivity index is 1.92. The molecule has 0 bridgehead atoms. The number of rotatable bonds is 3. The van der Waals surface area contributed by atoms with Crippen molar-refractivity contribution in [3.05, 3.63) is 16.1 Å². The fourth-order valence-electron chi connectivity index (χ4n) is 1.51. The van der Waals surface area contributed by atoms with Gasteiger partial charge in [0, 0.05) is 12.6 Å². The molecule has 0 aromatic carbocycles. The van der Waals surface area contributed by atoms with Gasteiger partial charge in [-0.3, -0.25) is 0 Å². The average molecular weight is 215 g/mol. The highest BCUT2D eigenvalue weighted by atomic mass is 32.2. The van der Waals surface area contributed by atoms with Crippen LogP contribution >= 0.6 is 23.1 Å². The van der Waals surface area contributed by atoms with Gasteiger partial charge in [0.2, 0.25) is 0 Å². The third kappa shape index (κ3) is 2.45. The van der Waals surface area contributed by atoms with E-state index in [1.54, 1.807) is 17.5 Å². The molecule has 4 heteroatoms. The highest BCUT2D eigenvalue weighted by Gasteiger charge is 2.17. The molecule has 0 spiro atoms. The summed E-state index contributed by atoms with van der Waals surface area (Å²) in [4.78, 5) is 5.29. The Morgan fingerprint density at radius 1 is 1.62 bits per heavy atom. The summed E-state index contributed by atoms with van der Waals surface area (Å²) in [7, 11) is 0. The molecule has 1 atom stereocenters. The van der Waals surface area contributed by atoms with Crippen molar-refractivity contribution >= 4 is 23.1 Å². The van der Waals surface area contributed by atoms with Crippen LogP contribution in [0.25, 0.3) is 0 Å². The first-order valence-corrected chi connectivity index (χ1v) is 6.48. The summed E-state index contributed by atoms with van der Waals surface area (Å²) in [6.45, 7) is 0.136. The molecule has 1 aromatic rings. The molecule has 1 unspecified atom stereocenters. The molecule has 2 heterocycles. The molecule has 1 fully saturated rings. The Morgan fingerprint density at radius 2 is 2.54 bits per heavy atom. The van der Waals surface area contributed by atoms with Crippen molar-refractivity contribution < 1.29 is 5.11 Å². The van der Waals surface area contributed by atoms with Gasteiger partial charge in [0.05, 0.1) is 16.5 Å². The third-order valence-corrected chi connectivity index (χ3v) is 4.48. The molecular weight excluding hydrogens is 202 g/mol. The summed E-state index contributed by atoms with van der Waals surface area (Å²) in [6.07, 6.45) is 4.23. The van der Waals surface area contributed by atoms with Gasteiger partial charge < -0.3 is 5.11 Å². The number of hydrogen-bond donors (Lipinski definition) is 1. The van der Waals surface area contributed by atoms with E-state index < -0.39 is 0 Å². The van der Waals surface area contributed by atoms with E-state index in [1.807, 2.05) is 11.8 Å². The van der Waals surface area contributed by atoms with E-state index in [0.717, 1.165) is 17.2 Å². The molecule has 1 aliphatic rings. The van der Waals surface area contributed by atoms with Crippen LogP contribution in [0.1, 0.15) is 16.3 Å². The summed E-state index contributed by atoms with van der Waals surface area (Å²) in [5.41, 5.74) is 0. The van der Waals surface area contributed by atoms with Crippen molar-refractivity contribution in [3.8, 4) is 0 Å². The molecule has 2 nitrogen and oxygen atoms in total. The van der Waals surface area contributed by atoms with Crippen molar-refractivity contribution in [1.82, 2.24) is 4.98 Å². The molecule has 13 heavy (non-hydrogen) atoms. The second-order valence-corrected chi connectivity index (χ2v) is 5.66. The zero-order chi connectivity index (χ0) is 9.10. The van der Waals surface area contributed by atoms with E-state index in [0.29, 0.717) is 0 Å². The molecule has 1 aromatic heterocycles. The van der Waals surface area contributed by atoms with Gasteiger partial charge in [0.15, 0.2) is 0 Å². The molecular formula is C9H13NOS2. The van der Waals surface area contributed by atoms with Crippen LogP contribution in [0, 0.1) is 5.92 Å². The Kier molecular flexibility index (Phi) is 3.24. The van der Waals surface area contributed by atoms with E-state index >= 15 is 0 Å². The summed E-state index contributed by atoms with van der Waals surface area (Å²) < 4.78 is 0. The first kappa shape index (κ1) is 9.49. The monoisotopic (exact) mass is 215 g/mol. The Bertz CT molecular complexity index is 268. The summed E-state index contributed by atoms with van der Waals surface area (Å²) >= 11 is 3.69. The van der Waals surface area contributed by atoms with Gasteiger partial charge in [-0.15, -0.1) is 11.3 Å². The molecule has 0 amide bonds. The second kappa shape index (κ2) is 4.44. The van der Waals surface area contributed by atoms with Crippen LogP contribution in [0.15, 0.2) is 6.20 Å². The van der Waals surface area contributed by atoms with Crippen molar-refractivity contribution in [2.75, 3.05) is 11.5 Å². The zero-order valence-corrected chi connectivity index (χ0v) is 9.03. The smallest absolute Gasteiger partial charge is 0.0931 e.